The van der Waals surface area contributed by atoms with Crippen molar-refractivity contribution in [1.82, 2.24) is 15.2 Å². The zero-order chi connectivity index (χ0) is 28.6. The lowest BCUT2D eigenvalue weighted by atomic mass is 10.1. The number of aromatic nitrogens is 3. The number of hydrogen-bond donors (Lipinski definition) is 3. The Bertz CT molecular complexity index is 1540. The van der Waals surface area contributed by atoms with Gasteiger partial charge in [0.05, 0.1) is 26.9 Å². The highest BCUT2D eigenvalue weighted by Gasteiger charge is 2.16. The zero-order valence-electron chi connectivity index (χ0n) is 21.7. The molecule has 1 aromatic heterocycles. The molecule has 11 nitrogen and oxygen atoms in total. The first-order valence-corrected chi connectivity index (χ1v) is 12.5. The van der Waals surface area contributed by atoms with Crippen LogP contribution in [0.5, 0.6) is 23.0 Å². The second-order valence-electron chi connectivity index (χ2n) is 8.19. The highest BCUT2D eigenvalue weighted by molar-refractivity contribution is 8.04. The molecular formula is C28H25N3O8S. The number of carboxylic acid groups (broad SMARTS) is 2. The van der Waals surface area contributed by atoms with Gasteiger partial charge in [-0.3, -0.25) is 5.10 Å². The molecule has 3 aromatic carbocycles. The second-order valence-corrected chi connectivity index (χ2v) is 9.20. The summed E-state index contributed by atoms with van der Waals surface area (Å²) in [6.45, 7) is 0.120. The van der Waals surface area contributed by atoms with E-state index in [-0.39, 0.29) is 22.2 Å². The molecule has 4 aromatic rings. The number of carboxylic acids is 2. The molecule has 0 fully saturated rings. The van der Waals surface area contributed by atoms with Crippen LogP contribution in [-0.4, -0.2) is 58.7 Å². The predicted molar refractivity (Wildman–Crippen MR) is 147 cm³/mol. The molecule has 0 aliphatic heterocycles. The highest BCUT2D eigenvalue weighted by Crippen LogP contribution is 2.33. The van der Waals surface area contributed by atoms with Crippen molar-refractivity contribution in [2.45, 2.75) is 11.8 Å². The van der Waals surface area contributed by atoms with Crippen LogP contribution in [0.2, 0.25) is 0 Å². The Balaban J connectivity index is 1.52. The third kappa shape index (κ3) is 6.91. The van der Waals surface area contributed by atoms with E-state index < -0.39 is 11.9 Å². The van der Waals surface area contributed by atoms with Gasteiger partial charge in [0.15, 0.2) is 17.3 Å². The van der Waals surface area contributed by atoms with Crippen LogP contribution in [0, 0.1) is 0 Å². The maximum Gasteiger partial charge on any atom is 0.342 e. The van der Waals surface area contributed by atoms with E-state index in [4.69, 9.17) is 18.9 Å². The van der Waals surface area contributed by atoms with Crippen LogP contribution in [0.1, 0.15) is 21.5 Å². The van der Waals surface area contributed by atoms with Crippen LogP contribution in [0.3, 0.4) is 0 Å². The van der Waals surface area contributed by atoms with Gasteiger partial charge >= 0.3 is 11.9 Å². The van der Waals surface area contributed by atoms with Crippen molar-refractivity contribution in [1.29, 1.82) is 0 Å². The number of ether oxygens (including phenoxy) is 4. The van der Waals surface area contributed by atoms with Gasteiger partial charge in [0.1, 0.15) is 23.0 Å². The van der Waals surface area contributed by atoms with Crippen molar-refractivity contribution in [3.63, 3.8) is 0 Å². The zero-order valence-corrected chi connectivity index (χ0v) is 22.5. The number of aromatic carboxylic acids is 1. The Morgan fingerprint density at radius 3 is 2.33 bits per heavy atom. The number of rotatable bonds is 12. The molecule has 1 heterocycles. The Hall–Kier alpha value is -4.97. The van der Waals surface area contributed by atoms with Gasteiger partial charge < -0.3 is 29.2 Å². The maximum atomic E-state index is 12.0. The third-order valence-corrected chi connectivity index (χ3v) is 6.43. The number of aliphatic carboxylic acids is 1. The molecule has 0 saturated carbocycles. The average Bonchev–Trinajstić information content (AvgIpc) is 3.44. The fourth-order valence-electron chi connectivity index (χ4n) is 3.60. The second kappa shape index (κ2) is 12.7. The summed E-state index contributed by atoms with van der Waals surface area (Å²) >= 11 is 0.881. The summed E-state index contributed by atoms with van der Waals surface area (Å²) < 4.78 is 21.8. The van der Waals surface area contributed by atoms with Crippen LogP contribution in [0.4, 0.5) is 0 Å². The Morgan fingerprint density at radius 2 is 1.68 bits per heavy atom. The van der Waals surface area contributed by atoms with Gasteiger partial charge in [-0.25, -0.2) is 14.6 Å². The molecule has 4 rings (SSSR count). The Labute approximate surface area is 233 Å². The van der Waals surface area contributed by atoms with Crippen molar-refractivity contribution in [3.05, 3.63) is 82.3 Å². The topological polar surface area (TPSA) is 153 Å². The summed E-state index contributed by atoms with van der Waals surface area (Å²) in [4.78, 5) is 27.6. The lowest BCUT2D eigenvalue weighted by Gasteiger charge is -2.12. The van der Waals surface area contributed by atoms with Crippen LogP contribution < -0.4 is 18.9 Å². The summed E-state index contributed by atoms with van der Waals surface area (Å²) in [6, 6.07) is 16.6. The summed E-state index contributed by atoms with van der Waals surface area (Å²) in [5, 5.41) is 26.2. The summed E-state index contributed by atoms with van der Waals surface area (Å²) in [6.07, 6.45) is 1.47. The van der Waals surface area contributed by atoms with E-state index in [0.717, 1.165) is 11.8 Å². The SMILES string of the molecule is COc1cc(OC)cc(-c2nc(S/C(=C\c3ccc(OCc4cccc(C(=O)O)c4)c(OC)c3)C(=O)O)n[nH]2)c1. The van der Waals surface area contributed by atoms with Crippen molar-refractivity contribution in [2.75, 3.05) is 21.3 Å². The van der Waals surface area contributed by atoms with Crippen molar-refractivity contribution in [2.24, 2.45) is 0 Å². The van der Waals surface area contributed by atoms with E-state index in [2.05, 4.69) is 15.2 Å². The molecule has 0 aliphatic rings. The molecule has 0 saturated heterocycles. The number of hydrogen-bond acceptors (Lipinski definition) is 9. The van der Waals surface area contributed by atoms with Gasteiger partial charge in [0.25, 0.3) is 0 Å². The predicted octanol–water partition coefficient (Wildman–Crippen LogP) is 4.99. The first-order valence-electron chi connectivity index (χ1n) is 11.7. The lowest BCUT2D eigenvalue weighted by molar-refractivity contribution is -0.131. The number of aromatic amines is 1. The number of nitrogens with zero attached hydrogens (tertiary/aromatic N) is 2. The standard InChI is InChI=1S/C28H25N3O8S/c1-36-20-12-19(13-21(14-20)37-2)25-29-28(31-30-25)40-24(27(34)35)11-16-7-8-22(23(10-16)38-3)39-15-17-5-4-6-18(9-17)26(32)33/h4-14H,15H2,1-3H3,(H,32,33)(H,34,35)(H,29,30,31)/b24-11-. The summed E-state index contributed by atoms with van der Waals surface area (Å²) in [5.41, 5.74) is 2.05. The molecule has 0 atom stereocenters. The quantitative estimate of drug-likeness (QED) is 0.158. The molecule has 40 heavy (non-hydrogen) atoms. The van der Waals surface area contributed by atoms with E-state index in [1.807, 2.05) is 0 Å². The van der Waals surface area contributed by atoms with E-state index >= 15 is 0 Å². The normalized spacial score (nSPS) is 11.1. The Kier molecular flexibility index (Phi) is 8.92. The molecule has 0 amide bonds. The fraction of sp³-hybridized carbons (Fsp3) is 0.143. The molecule has 12 heteroatoms. The van der Waals surface area contributed by atoms with E-state index in [0.29, 0.717) is 45.5 Å². The summed E-state index contributed by atoms with van der Waals surface area (Å²) in [5.74, 6) is 0.174. The first kappa shape index (κ1) is 28.0. The Morgan fingerprint density at radius 1 is 0.925 bits per heavy atom. The molecule has 0 unspecified atom stereocenters. The van der Waals surface area contributed by atoms with Crippen molar-refractivity contribution in [3.8, 4) is 34.4 Å². The number of methoxy groups -OCH3 is 3. The van der Waals surface area contributed by atoms with E-state index in [9.17, 15) is 19.8 Å². The lowest BCUT2D eigenvalue weighted by Crippen LogP contribution is -2.01. The third-order valence-electron chi connectivity index (χ3n) is 5.56. The maximum absolute atomic E-state index is 12.0. The minimum absolute atomic E-state index is 0.0185. The number of benzene rings is 3. The van der Waals surface area contributed by atoms with Gasteiger partial charge in [-0.05, 0) is 65.4 Å². The van der Waals surface area contributed by atoms with Crippen LogP contribution in [-0.2, 0) is 11.4 Å². The van der Waals surface area contributed by atoms with E-state index in [1.54, 1.807) is 48.5 Å². The highest BCUT2D eigenvalue weighted by atomic mass is 32.2. The molecule has 0 bridgehead atoms. The van der Waals surface area contributed by atoms with Crippen LogP contribution >= 0.6 is 11.8 Å². The van der Waals surface area contributed by atoms with Gasteiger partial charge in [0, 0.05) is 11.6 Å². The molecule has 0 aliphatic carbocycles. The van der Waals surface area contributed by atoms with Crippen molar-refractivity contribution >= 4 is 29.8 Å². The minimum Gasteiger partial charge on any atom is -0.497 e. The number of nitrogens with one attached hydrogen (secondary N) is 1. The van der Waals surface area contributed by atoms with Gasteiger partial charge in [0.2, 0.25) is 5.16 Å². The van der Waals surface area contributed by atoms with Crippen LogP contribution in [0.25, 0.3) is 17.5 Å². The number of thioether (sulfide) groups is 1. The molecule has 0 spiro atoms. The van der Waals surface area contributed by atoms with Crippen molar-refractivity contribution < 1.29 is 38.7 Å². The molecule has 0 radical (unpaired) electrons. The van der Waals surface area contributed by atoms with Gasteiger partial charge in [-0.2, -0.15) is 0 Å². The molecule has 3 N–H and O–H groups in total. The molecule has 206 valence electrons. The fourth-order valence-corrected chi connectivity index (χ4v) is 4.31. The smallest absolute Gasteiger partial charge is 0.342 e. The average molecular weight is 564 g/mol. The van der Waals surface area contributed by atoms with Gasteiger partial charge in [-0.1, -0.05) is 18.2 Å². The summed E-state index contributed by atoms with van der Waals surface area (Å²) in [7, 11) is 4.55. The van der Waals surface area contributed by atoms with Crippen LogP contribution in [0.15, 0.2) is 70.7 Å². The number of carbonyl (C=O) groups is 2. The first-order chi connectivity index (χ1) is 19.3. The monoisotopic (exact) mass is 563 g/mol. The minimum atomic E-state index is -1.16. The largest absolute Gasteiger partial charge is 0.497 e. The van der Waals surface area contributed by atoms with E-state index in [1.165, 1.54) is 39.5 Å². The number of H-pyrrole nitrogens is 1. The van der Waals surface area contributed by atoms with Gasteiger partial charge in [-0.15, -0.1) is 5.10 Å². The molecular weight excluding hydrogens is 538 g/mol.